The number of carbonyl (C=O) groups is 1. The second-order valence-electron chi connectivity index (χ2n) is 4.92. The van der Waals surface area contributed by atoms with Crippen molar-refractivity contribution in [2.24, 2.45) is 5.84 Å². The zero-order chi connectivity index (χ0) is 14.4. The summed E-state index contributed by atoms with van der Waals surface area (Å²) >= 11 is 0. The molecule has 0 saturated heterocycles. The van der Waals surface area contributed by atoms with Gasteiger partial charge in [0, 0.05) is 30.4 Å². The van der Waals surface area contributed by atoms with Gasteiger partial charge < -0.3 is 15.2 Å². The minimum absolute atomic E-state index is 0.0559. The third-order valence-corrected chi connectivity index (χ3v) is 3.06. The van der Waals surface area contributed by atoms with Crippen LogP contribution in [-0.2, 0) is 0 Å². The zero-order valence-electron chi connectivity index (χ0n) is 12.2. The topological polar surface area (TPSA) is 61.6 Å². The maximum atomic E-state index is 12.5. The van der Waals surface area contributed by atoms with E-state index in [0.29, 0.717) is 12.1 Å². The second kappa shape index (κ2) is 7.11. The normalized spacial score (nSPS) is 12.3. The lowest BCUT2D eigenvalue weighted by Crippen LogP contribution is -2.43. The van der Waals surface area contributed by atoms with Crippen LogP contribution in [0.4, 0.5) is 5.69 Å². The van der Waals surface area contributed by atoms with E-state index in [-0.39, 0.29) is 11.9 Å². The number of benzene rings is 1. The van der Waals surface area contributed by atoms with E-state index in [1.807, 2.05) is 25.9 Å². The molecule has 1 atom stereocenters. The first-order chi connectivity index (χ1) is 8.99. The Morgan fingerprint density at radius 3 is 2.32 bits per heavy atom. The lowest BCUT2D eigenvalue weighted by Gasteiger charge is -2.30. The summed E-state index contributed by atoms with van der Waals surface area (Å²) in [5.41, 5.74) is 4.03. The number of amides is 1. The molecule has 0 spiro atoms. The molecule has 1 rings (SSSR count). The van der Waals surface area contributed by atoms with Crippen molar-refractivity contribution in [3.05, 3.63) is 29.8 Å². The van der Waals surface area contributed by atoms with Crippen LogP contribution in [0.25, 0.3) is 0 Å². The van der Waals surface area contributed by atoms with Crippen LogP contribution in [0.3, 0.4) is 0 Å². The van der Waals surface area contributed by atoms with Crippen LogP contribution in [0, 0.1) is 0 Å². The predicted octanol–water partition coefficient (Wildman–Crippen LogP) is 1.38. The molecule has 0 aliphatic carbocycles. The van der Waals surface area contributed by atoms with Crippen LogP contribution in [-0.4, -0.2) is 48.9 Å². The van der Waals surface area contributed by atoms with E-state index in [9.17, 15) is 4.79 Å². The summed E-state index contributed by atoms with van der Waals surface area (Å²) in [6.07, 6.45) is 0. The first kappa shape index (κ1) is 15.5. The van der Waals surface area contributed by atoms with E-state index in [2.05, 4.69) is 17.2 Å². The monoisotopic (exact) mass is 264 g/mol. The van der Waals surface area contributed by atoms with Crippen LogP contribution in [0.1, 0.15) is 24.2 Å². The number of carbonyl (C=O) groups excluding carboxylic acids is 1. The molecule has 0 radical (unpaired) electrons. The Bertz CT molecular complexity index is 402. The summed E-state index contributed by atoms with van der Waals surface area (Å²) < 4.78 is 0. The Hall–Kier alpha value is -1.59. The fourth-order valence-corrected chi connectivity index (χ4v) is 2.16. The van der Waals surface area contributed by atoms with Gasteiger partial charge >= 0.3 is 0 Å². The highest BCUT2D eigenvalue weighted by Gasteiger charge is 2.20. The first-order valence-electron chi connectivity index (χ1n) is 6.52. The highest BCUT2D eigenvalue weighted by atomic mass is 16.2. The van der Waals surface area contributed by atoms with E-state index in [1.54, 1.807) is 24.3 Å². The highest BCUT2D eigenvalue weighted by Crippen LogP contribution is 2.12. The first-order valence-corrected chi connectivity index (χ1v) is 6.52. The van der Waals surface area contributed by atoms with Crippen molar-refractivity contribution in [3.63, 3.8) is 0 Å². The molecule has 0 aromatic heterocycles. The van der Waals surface area contributed by atoms with E-state index >= 15 is 0 Å². The van der Waals surface area contributed by atoms with Crippen LogP contribution in [0.2, 0.25) is 0 Å². The summed E-state index contributed by atoms with van der Waals surface area (Å²) in [6, 6.07) is 7.38. The van der Waals surface area contributed by atoms with Crippen LogP contribution < -0.4 is 11.3 Å². The van der Waals surface area contributed by atoms with E-state index in [4.69, 9.17) is 5.84 Å². The number of nitrogens with one attached hydrogen (secondary N) is 1. The van der Waals surface area contributed by atoms with E-state index in [1.165, 1.54) is 0 Å². The fraction of sp³-hybridized carbons (Fsp3) is 0.500. The lowest BCUT2D eigenvalue weighted by molar-refractivity contribution is 0.0679. The quantitative estimate of drug-likeness (QED) is 0.602. The molecule has 0 fully saturated rings. The fourth-order valence-electron chi connectivity index (χ4n) is 2.16. The van der Waals surface area contributed by atoms with Gasteiger partial charge in [0.2, 0.25) is 0 Å². The number of likely N-dealkylation sites (N-methyl/N-ethyl adjacent to an activating group) is 2. The number of rotatable bonds is 6. The number of nitrogens with zero attached hydrogens (tertiary/aromatic N) is 2. The molecular formula is C14H24N4O. The Morgan fingerprint density at radius 1 is 1.32 bits per heavy atom. The average molecular weight is 264 g/mol. The number of hydrogen-bond donors (Lipinski definition) is 2. The predicted molar refractivity (Wildman–Crippen MR) is 79.0 cm³/mol. The largest absolute Gasteiger partial charge is 0.335 e. The van der Waals surface area contributed by atoms with E-state index in [0.717, 1.165) is 12.2 Å². The number of nitrogens with two attached hydrogens (primary N) is 1. The average Bonchev–Trinajstić information content (AvgIpc) is 2.38. The summed E-state index contributed by atoms with van der Waals surface area (Å²) in [5, 5.41) is 0. The SMILES string of the molecule is CCN(C(=O)c1ccc(NN)cc1)C(C)CN(C)C. The van der Waals surface area contributed by atoms with Gasteiger partial charge in [-0.3, -0.25) is 10.6 Å². The summed E-state index contributed by atoms with van der Waals surface area (Å²) in [7, 11) is 4.02. The number of hydrazine groups is 1. The van der Waals surface area contributed by atoms with Crippen molar-refractivity contribution in [3.8, 4) is 0 Å². The molecule has 0 heterocycles. The third-order valence-electron chi connectivity index (χ3n) is 3.06. The molecule has 0 bridgehead atoms. The number of anilines is 1. The van der Waals surface area contributed by atoms with Gasteiger partial charge in [-0.1, -0.05) is 0 Å². The Labute approximate surface area is 115 Å². The zero-order valence-corrected chi connectivity index (χ0v) is 12.2. The highest BCUT2D eigenvalue weighted by molar-refractivity contribution is 5.94. The van der Waals surface area contributed by atoms with Gasteiger partial charge in [-0.05, 0) is 52.2 Å². The molecule has 106 valence electrons. The Morgan fingerprint density at radius 2 is 1.89 bits per heavy atom. The molecule has 0 aliphatic rings. The van der Waals surface area contributed by atoms with Gasteiger partial charge in [0.25, 0.3) is 5.91 Å². The Balaban J connectivity index is 2.82. The molecular weight excluding hydrogens is 240 g/mol. The van der Waals surface area contributed by atoms with Crippen molar-refractivity contribution in [2.75, 3.05) is 32.6 Å². The van der Waals surface area contributed by atoms with Gasteiger partial charge in [-0.2, -0.15) is 0 Å². The third kappa shape index (κ3) is 4.22. The number of nitrogen functional groups attached to an aromatic ring is 1. The molecule has 1 aromatic rings. The summed E-state index contributed by atoms with van der Waals surface area (Å²) in [4.78, 5) is 16.4. The van der Waals surface area contributed by atoms with Crippen molar-refractivity contribution in [2.45, 2.75) is 19.9 Å². The van der Waals surface area contributed by atoms with Gasteiger partial charge in [-0.15, -0.1) is 0 Å². The van der Waals surface area contributed by atoms with Crippen LogP contribution in [0.15, 0.2) is 24.3 Å². The van der Waals surface area contributed by atoms with Gasteiger partial charge in [-0.25, -0.2) is 0 Å². The van der Waals surface area contributed by atoms with Crippen LogP contribution in [0.5, 0.6) is 0 Å². The van der Waals surface area contributed by atoms with Crippen molar-refractivity contribution in [1.29, 1.82) is 0 Å². The van der Waals surface area contributed by atoms with Gasteiger partial charge in [0.15, 0.2) is 0 Å². The smallest absolute Gasteiger partial charge is 0.254 e. The van der Waals surface area contributed by atoms with Crippen molar-refractivity contribution >= 4 is 11.6 Å². The molecule has 19 heavy (non-hydrogen) atoms. The van der Waals surface area contributed by atoms with Crippen molar-refractivity contribution in [1.82, 2.24) is 9.80 Å². The second-order valence-corrected chi connectivity index (χ2v) is 4.92. The Kier molecular flexibility index (Phi) is 5.79. The van der Waals surface area contributed by atoms with Crippen LogP contribution >= 0.6 is 0 Å². The molecule has 3 N–H and O–H groups in total. The van der Waals surface area contributed by atoms with Gasteiger partial charge in [0.05, 0.1) is 0 Å². The van der Waals surface area contributed by atoms with Gasteiger partial charge in [0.1, 0.15) is 0 Å². The molecule has 1 aromatic carbocycles. The molecule has 0 aliphatic heterocycles. The maximum Gasteiger partial charge on any atom is 0.254 e. The van der Waals surface area contributed by atoms with Crippen molar-refractivity contribution < 1.29 is 4.79 Å². The molecule has 5 heteroatoms. The summed E-state index contributed by atoms with van der Waals surface area (Å²) in [5.74, 6) is 5.37. The van der Waals surface area contributed by atoms with E-state index < -0.39 is 0 Å². The molecule has 1 amide bonds. The maximum absolute atomic E-state index is 12.5. The minimum atomic E-state index is 0.0559. The standard InChI is InChI=1S/C14H24N4O/c1-5-18(11(2)10-17(3)4)14(19)12-6-8-13(16-15)9-7-12/h6-9,11,16H,5,10,15H2,1-4H3. The molecule has 1 unspecified atom stereocenters. The number of hydrogen-bond acceptors (Lipinski definition) is 4. The minimum Gasteiger partial charge on any atom is -0.335 e. The summed E-state index contributed by atoms with van der Waals surface area (Å²) in [6.45, 7) is 5.61. The molecule has 5 nitrogen and oxygen atoms in total. The lowest BCUT2D eigenvalue weighted by atomic mass is 10.1. The molecule has 0 saturated carbocycles.